The predicted octanol–water partition coefficient (Wildman–Crippen LogP) is 1.83. The van der Waals surface area contributed by atoms with Crippen LogP contribution in [0.2, 0.25) is 0 Å². The molecule has 3 heterocycles. The largest absolute Gasteiger partial charge is 0.451 e. The molecule has 0 atom stereocenters. The van der Waals surface area contributed by atoms with E-state index in [2.05, 4.69) is 20.4 Å². The Kier molecular flexibility index (Phi) is 2.82. The fourth-order valence-corrected chi connectivity index (χ4v) is 2.79. The SMILES string of the molecule is FC(F)(F)c1nnc2n1CCN(c1n[nH]c(=S)s1)C2. The summed E-state index contributed by atoms with van der Waals surface area (Å²) in [6.45, 7) is 0.812. The lowest BCUT2D eigenvalue weighted by molar-refractivity contribution is -0.147. The van der Waals surface area contributed by atoms with Gasteiger partial charge in [0.05, 0.1) is 6.54 Å². The topological polar surface area (TPSA) is 62.6 Å². The van der Waals surface area contributed by atoms with E-state index in [0.717, 1.165) is 4.57 Å². The van der Waals surface area contributed by atoms with Crippen molar-refractivity contribution in [2.45, 2.75) is 19.3 Å². The minimum atomic E-state index is -4.48. The van der Waals surface area contributed by atoms with Crippen LogP contribution in [0.15, 0.2) is 0 Å². The van der Waals surface area contributed by atoms with E-state index < -0.39 is 12.0 Å². The molecule has 11 heteroatoms. The Bertz CT molecular complexity index is 656. The van der Waals surface area contributed by atoms with Gasteiger partial charge in [0.1, 0.15) is 0 Å². The number of H-pyrrole nitrogens is 1. The van der Waals surface area contributed by atoms with Crippen molar-refractivity contribution >= 4 is 28.7 Å². The Balaban J connectivity index is 1.90. The van der Waals surface area contributed by atoms with E-state index >= 15 is 0 Å². The predicted molar refractivity (Wildman–Crippen MR) is 63.4 cm³/mol. The van der Waals surface area contributed by atoms with Crippen molar-refractivity contribution < 1.29 is 13.2 Å². The molecule has 0 saturated carbocycles. The van der Waals surface area contributed by atoms with Crippen LogP contribution in [0.1, 0.15) is 11.6 Å². The molecule has 0 bridgehead atoms. The smallest absolute Gasteiger partial charge is 0.337 e. The number of halogens is 3. The van der Waals surface area contributed by atoms with Gasteiger partial charge >= 0.3 is 6.18 Å². The fraction of sp³-hybridized carbons (Fsp3) is 0.500. The monoisotopic (exact) mass is 308 g/mol. The number of aromatic nitrogens is 5. The number of hydrogen-bond donors (Lipinski definition) is 1. The maximum absolute atomic E-state index is 12.7. The van der Waals surface area contributed by atoms with E-state index in [9.17, 15) is 13.2 Å². The van der Waals surface area contributed by atoms with Gasteiger partial charge in [-0.15, -0.1) is 15.3 Å². The lowest BCUT2D eigenvalue weighted by Crippen LogP contribution is -2.35. The van der Waals surface area contributed by atoms with Crippen LogP contribution >= 0.6 is 23.6 Å². The maximum atomic E-state index is 12.7. The lowest BCUT2D eigenvalue weighted by Gasteiger charge is -2.27. The average molecular weight is 308 g/mol. The summed E-state index contributed by atoms with van der Waals surface area (Å²) in [5.41, 5.74) is 0. The highest BCUT2D eigenvalue weighted by Crippen LogP contribution is 2.30. The number of rotatable bonds is 1. The quantitative estimate of drug-likeness (QED) is 0.814. The van der Waals surface area contributed by atoms with Crippen LogP contribution in [0.25, 0.3) is 0 Å². The summed E-state index contributed by atoms with van der Waals surface area (Å²) in [4.78, 5) is 1.82. The third-order valence-electron chi connectivity index (χ3n) is 2.70. The molecule has 19 heavy (non-hydrogen) atoms. The molecule has 6 nitrogen and oxygen atoms in total. The number of aromatic amines is 1. The van der Waals surface area contributed by atoms with Gasteiger partial charge in [-0.1, -0.05) is 11.3 Å². The van der Waals surface area contributed by atoms with Crippen LogP contribution in [-0.4, -0.2) is 31.5 Å². The first-order valence-corrected chi connectivity index (χ1v) is 6.47. The summed E-state index contributed by atoms with van der Waals surface area (Å²) in [6.07, 6.45) is -4.48. The Morgan fingerprint density at radius 1 is 1.26 bits per heavy atom. The molecule has 0 spiro atoms. The Morgan fingerprint density at radius 2 is 2.05 bits per heavy atom. The van der Waals surface area contributed by atoms with E-state index in [1.165, 1.54) is 11.3 Å². The van der Waals surface area contributed by atoms with Crippen LogP contribution in [0.4, 0.5) is 18.3 Å². The van der Waals surface area contributed by atoms with Crippen LogP contribution in [0.5, 0.6) is 0 Å². The van der Waals surface area contributed by atoms with E-state index in [-0.39, 0.29) is 18.9 Å². The molecule has 1 aliphatic rings. The molecule has 3 rings (SSSR count). The Labute approximate surface area is 113 Å². The maximum Gasteiger partial charge on any atom is 0.451 e. The number of nitrogens with one attached hydrogen (secondary N) is 1. The van der Waals surface area contributed by atoms with Gasteiger partial charge in [0, 0.05) is 13.1 Å². The van der Waals surface area contributed by atoms with Crippen LogP contribution < -0.4 is 4.90 Å². The highest BCUT2D eigenvalue weighted by molar-refractivity contribution is 7.73. The molecule has 0 fully saturated rings. The molecule has 1 N–H and O–H groups in total. The van der Waals surface area contributed by atoms with Crippen LogP contribution in [0, 0.1) is 3.95 Å². The molecule has 102 valence electrons. The van der Waals surface area contributed by atoms with Crippen molar-refractivity contribution in [1.82, 2.24) is 25.0 Å². The van der Waals surface area contributed by atoms with Crippen molar-refractivity contribution in [2.75, 3.05) is 11.4 Å². The number of fused-ring (bicyclic) bond motifs is 1. The van der Waals surface area contributed by atoms with Gasteiger partial charge in [0.25, 0.3) is 0 Å². The van der Waals surface area contributed by atoms with Gasteiger partial charge in [0.2, 0.25) is 11.0 Å². The zero-order valence-electron chi connectivity index (χ0n) is 9.31. The molecule has 0 aromatic carbocycles. The third-order valence-corrected chi connectivity index (χ3v) is 3.85. The normalized spacial score (nSPS) is 15.6. The van der Waals surface area contributed by atoms with E-state index in [1.807, 2.05) is 4.90 Å². The second-order valence-electron chi connectivity index (χ2n) is 3.91. The molecule has 0 unspecified atom stereocenters. The van der Waals surface area contributed by atoms with Gasteiger partial charge < -0.3 is 9.47 Å². The molecule has 0 aliphatic carbocycles. The van der Waals surface area contributed by atoms with Crippen molar-refractivity contribution in [1.29, 1.82) is 0 Å². The Hall–Kier alpha value is -1.49. The summed E-state index contributed by atoms with van der Waals surface area (Å²) in [5, 5.41) is 14.1. The number of anilines is 1. The molecule has 1 aliphatic heterocycles. The third kappa shape index (κ3) is 2.23. The summed E-state index contributed by atoms with van der Waals surface area (Å²) in [5.74, 6) is -0.670. The summed E-state index contributed by atoms with van der Waals surface area (Å²) < 4.78 is 39.6. The van der Waals surface area contributed by atoms with Gasteiger partial charge in [0.15, 0.2) is 9.78 Å². The highest BCUT2D eigenvalue weighted by atomic mass is 32.1. The highest BCUT2D eigenvalue weighted by Gasteiger charge is 2.39. The van der Waals surface area contributed by atoms with E-state index in [4.69, 9.17) is 12.2 Å². The molecule has 0 radical (unpaired) electrons. The Morgan fingerprint density at radius 3 is 2.68 bits per heavy atom. The standard InChI is InChI=1S/C8H7F3N6S2/c9-8(10,11)5-13-12-4-3-16(1-2-17(4)5)6-14-15-7(18)19-6/h1-3H2,(H,15,18). The van der Waals surface area contributed by atoms with Crippen molar-refractivity contribution in [3.63, 3.8) is 0 Å². The second-order valence-corrected chi connectivity index (χ2v) is 5.55. The lowest BCUT2D eigenvalue weighted by atomic mass is 10.3. The number of nitrogens with zero attached hydrogens (tertiary/aromatic N) is 5. The zero-order chi connectivity index (χ0) is 13.6. The molecular weight excluding hydrogens is 301 g/mol. The van der Waals surface area contributed by atoms with Gasteiger partial charge in [-0.2, -0.15) is 13.2 Å². The van der Waals surface area contributed by atoms with E-state index in [1.54, 1.807) is 0 Å². The van der Waals surface area contributed by atoms with Crippen molar-refractivity contribution in [3.8, 4) is 0 Å². The zero-order valence-corrected chi connectivity index (χ0v) is 10.9. The molecule has 2 aromatic heterocycles. The van der Waals surface area contributed by atoms with Crippen molar-refractivity contribution in [3.05, 3.63) is 15.6 Å². The first-order valence-electron chi connectivity index (χ1n) is 5.25. The van der Waals surface area contributed by atoms with Crippen LogP contribution in [-0.2, 0) is 19.3 Å². The summed E-state index contributed by atoms with van der Waals surface area (Å²) in [6, 6.07) is 0. The fourth-order valence-electron chi connectivity index (χ4n) is 1.89. The van der Waals surface area contributed by atoms with Gasteiger partial charge in [-0.25, -0.2) is 0 Å². The minimum absolute atomic E-state index is 0.170. The molecule has 0 saturated heterocycles. The molecule has 2 aromatic rings. The minimum Gasteiger partial charge on any atom is -0.337 e. The average Bonchev–Trinajstić information content (AvgIpc) is 2.92. The first-order chi connectivity index (χ1) is 8.95. The first kappa shape index (κ1) is 12.5. The second kappa shape index (κ2) is 4.27. The summed E-state index contributed by atoms with van der Waals surface area (Å²) in [7, 11) is 0. The number of alkyl halides is 3. The molecular formula is C8H7F3N6S2. The van der Waals surface area contributed by atoms with Crippen molar-refractivity contribution in [2.24, 2.45) is 0 Å². The van der Waals surface area contributed by atoms with E-state index in [0.29, 0.717) is 15.6 Å². The molecule has 0 amide bonds. The van der Waals surface area contributed by atoms with Gasteiger partial charge in [-0.05, 0) is 12.2 Å². The van der Waals surface area contributed by atoms with Gasteiger partial charge in [-0.3, -0.25) is 5.10 Å². The summed E-state index contributed by atoms with van der Waals surface area (Å²) >= 11 is 6.20. The number of hydrogen-bond acceptors (Lipinski definition) is 6. The van der Waals surface area contributed by atoms with Crippen LogP contribution in [0.3, 0.4) is 0 Å².